The van der Waals surface area contributed by atoms with Gasteiger partial charge in [-0.15, -0.1) is 11.3 Å². The lowest BCUT2D eigenvalue weighted by Gasteiger charge is -2.21. The third-order valence-corrected chi connectivity index (χ3v) is 2.63. The van der Waals surface area contributed by atoms with Crippen LogP contribution in [-0.2, 0) is 0 Å². The summed E-state index contributed by atoms with van der Waals surface area (Å²) in [6.45, 7) is 4.80. The van der Waals surface area contributed by atoms with Crippen molar-refractivity contribution in [2.24, 2.45) is 5.41 Å². The molecule has 0 fully saturated rings. The van der Waals surface area contributed by atoms with Gasteiger partial charge in [-0.1, -0.05) is 25.4 Å². The molecule has 2 N–H and O–H groups in total. The van der Waals surface area contributed by atoms with Crippen molar-refractivity contribution in [1.82, 2.24) is 4.98 Å². The zero-order valence-corrected chi connectivity index (χ0v) is 9.24. The minimum absolute atomic E-state index is 0.129. The molecular formula is C8H13ClN2OS. The first-order valence-corrected chi connectivity index (χ1v) is 5.25. The standard InChI is InChI=1S/C8H13ClN2OS/c1-8(2,5-12)4-10-6-3-13-7(9)11-6/h3,10,12H,4-5H2,1-2H3. The van der Waals surface area contributed by atoms with Gasteiger partial charge in [0.25, 0.3) is 0 Å². The van der Waals surface area contributed by atoms with E-state index in [0.29, 0.717) is 11.0 Å². The van der Waals surface area contributed by atoms with Crippen LogP contribution >= 0.6 is 22.9 Å². The summed E-state index contributed by atoms with van der Waals surface area (Å²) in [6.07, 6.45) is 0. The molecule has 0 aromatic carbocycles. The number of nitrogens with zero attached hydrogens (tertiary/aromatic N) is 1. The average molecular weight is 221 g/mol. The summed E-state index contributed by atoms with van der Waals surface area (Å²) in [5, 5.41) is 14.0. The van der Waals surface area contributed by atoms with Gasteiger partial charge in [-0.2, -0.15) is 0 Å². The third kappa shape index (κ3) is 3.50. The largest absolute Gasteiger partial charge is 0.396 e. The molecular weight excluding hydrogens is 208 g/mol. The van der Waals surface area contributed by atoms with E-state index in [4.69, 9.17) is 16.7 Å². The highest BCUT2D eigenvalue weighted by Gasteiger charge is 2.16. The van der Waals surface area contributed by atoms with E-state index in [1.54, 1.807) is 0 Å². The van der Waals surface area contributed by atoms with E-state index in [1.165, 1.54) is 11.3 Å². The van der Waals surface area contributed by atoms with Crippen LogP contribution in [0.3, 0.4) is 0 Å². The minimum atomic E-state index is -0.129. The van der Waals surface area contributed by atoms with Gasteiger partial charge >= 0.3 is 0 Å². The zero-order chi connectivity index (χ0) is 9.90. The fourth-order valence-electron chi connectivity index (χ4n) is 0.719. The monoisotopic (exact) mass is 220 g/mol. The first kappa shape index (κ1) is 10.8. The Morgan fingerprint density at radius 1 is 1.69 bits per heavy atom. The molecule has 0 unspecified atom stereocenters. The van der Waals surface area contributed by atoms with Gasteiger partial charge in [0.05, 0.1) is 0 Å². The quantitative estimate of drug-likeness (QED) is 0.818. The second-order valence-corrected chi connectivity index (χ2v) is 5.10. The molecule has 1 aromatic heterocycles. The SMILES string of the molecule is CC(C)(CO)CNc1csc(Cl)n1. The van der Waals surface area contributed by atoms with E-state index in [0.717, 1.165) is 5.82 Å². The number of halogens is 1. The highest BCUT2D eigenvalue weighted by molar-refractivity contribution is 7.14. The van der Waals surface area contributed by atoms with E-state index in [2.05, 4.69) is 10.3 Å². The van der Waals surface area contributed by atoms with Gasteiger partial charge in [-0.3, -0.25) is 0 Å². The van der Waals surface area contributed by atoms with Gasteiger partial charge in [0.15, 0.2) is 4.47 Å². The predicted molar refractivity (Wildman–Crippen MR) is 56.5 cm³/mol. The molecule has 5 heteroatoms. The number of aromatic nitrogens is 1. The minimum Gasteiger partial charge on any atom is -0.396 e. The van der Waals surface area contributed by atoms with Crippen LogP contribution in [-0.4, -0.2) is 23.2 Å². The van der Waals surface area contributed by atoms with Crippen LogP contribution in [0.4, 0.5) is 5.82 Å². The van der Waals surface area contributed by atoms with E-state index >= 15 is 0 Å². The van der Waals surface area contributed by atoms with Crippen molar-refractivity contribution in [3.63, 3.8) is 0 Å². The topological polar surface area (TPSA) is 45.1 Å². The Morgan fingerprint density at radius 3 is 2.85 bits per heavy atom. The molecule has 0 aliphatic heterocycles. The number of nitrogens with one attached hydrogen (secondary N) is 1. The predicted octanol–water partition coefficient (Wildman–Crippen LogP) is 2.23. The molecule has 0 saturated heterocycles. The average Bonchev–Trinajstić information content (AvgIpc) is 2.48. The van der Waals surface area contributed by atoms with Crippen molar-refractivity contribution >= 4 is 28.8 Å². The van der Waals surface area contributed by atoms with E-state index in [-0.39, 0.29) is 12.0 Å². The Balaban J connectivity index is 2.43. The Kier molecular flexibility index (Phi) is 3.53. The summed E-state index contributed by atoms with van der Waals surface area (Å²) in [7, 11) is 0. The van der Waals surface area contributed by atoms with Crippen LogP contribution in [0, 0.1) is 5.41 Å². The van der Waals surface area contributed by atoms with Gasteiger partial charge in [0.2, 0.25) is 0 Å². The summed E-state index contributed by atoms with van der Waals surface area (Å²) in [5.74, 6) is 0.775. The molecule has 0 saturated carbocycles. The lowest BCUT2D eigenvalue weighted by Crippen LogP contribution is -2.26. The highest BCUT2D eigenvalue weighted by atomic mass is 35.5. The lowest BCUT2D eigenvalue weighted by molar-refractivity contribution is 0.171. The summed E-state index contributed by atoms with van der Waals surface area (Å²) in [4.78, 5) is 4.04. The molecule has 1 heterocycles. The highest BCUT2D eigenvalue weighted by Crippen LogP contribution is 2.20. The van der Waals surface area contributed by atoms with Gasteiger partial charge < -0.3 is 10.4 Å². The molecule has 0 radical (unpaired) electrons. The molecule has 1 aromatic rings. The normalized spacial score (nSPS) is 11.7. The van der Waals surface area contributed by atoms with Gasteiger partial charge in [0.1, 0.15) is 5.82 Å². The fraction of sp³-hybridized carbons (Fsp3) is 0.625. The van der Waals surface area contributed by atoms with Crippen LogP contribution in [0.25, 0.3) is 0 Å². The maximum Gasteiger partial charge on any atom is 0.185 e. The smallest absolute Gasteiger partial charge is 0.185 e. The van der Waals surface area contributed by atoms with Crippen LogP contribution in [0.2, 0.25) is 4.47 Å². The summed E-state index contributed by atoms with van der Waals surface area (Å²) < 4.78 is 0.532. The Hall–Kier alpha value is -0.320. The summed E-state index contributed by atoms with van der Waals surface area (Å²) in [6, 6.07) is 0. The van der Waals surface area contributed by atoms with Crippen LogP contribution < -0.4 is 5.32 Å². The van der Waals surface area contributed by atoms with Crippen LogP contribution in [0.15, 0.2) is 5.38 Å². The van der Waals surface area contributed by atoms with Crippen LogP contribution in [0.1, 0.15) is 13.8 Å². The van der Waals surface area contributed by atoms with Crippen molar-refractivity contribution in [2.75, 3.05) is 18.5 Å². The molecule has 0 bridgehead atoms. The first-order chi connectivity index (χ1) is 6.03. The fourth-order valence-corrected chi connectivity index (χ4v) is 1.44. The summed E-state index contributed by atoms with van der Waals surface area (Å²) >= 11 is 7.05. The second-order valence-electron chi connectivity index (χ2n) is 3.66. The van der Waals surface area contributed by atoms with Crippen LogP contribution in [0.5, 0.6) is 0 Å². The van der Waals surface area contributed by atoms with Crippen molar-refractivity contribution < 1.29 is 5.11 Å². The van der Waals surface area contributed by atoms with Crippen molar-refractivity contribution in [2.45, 2.75) is 13.8 Å². The maximum atomic E-state index is 8.99. The van der Waals surface area contributed by atoms with Gasteiger partial charge in [0, 0.05) is 23.9 Å². The zero-order valence-electron chi connectivity index (χ0n) is 7.67. The van der Waals surface area contributed by atoms with Gasteiger partial charge in [-0.05, 0) is 0 Å². The molecule has 13 heavy (non-hydrogen) atoms. The second kappa shape index (κ2) is 4.26. The molecule has 74 valence electrons. The van der Waals surface area contributed by atoms with Gasteiger partial charge in [-0.25, -0.2) is 4.98 Å². The van der Waals surface area contributed by atoms with E-state index in [9.17, 15) is 0 Å². The third-order valence-electron chi connectivity index (χ3n) is 1.65. The molecule has 0 atom stereocenters. The molecule has 0 amide bonds. The van der Waals surface area contributed by atoms with Crippen molar-refractivity contribution in [3.05, 3.63) is 9.85 Å². The van der Waals surface area contributed by atoms with E-state index in [1.807, 2.05) is 19.2 Å². The van der Waals surface area contributed by atoms with Crippen molar-refractivity contribution in [3.8, 4) is 0 Å². The summed E-state index contributed by atoms with van der Waals surface area (Å²) in [5.41, 5.74) is -0.129. The molecule has 0 spiro atoms. The number of hydrogen-bond donors (Lipinski definition) is 2. The van der Waals surface area contributed by atoms with E-state index < -0.39 is 0 Å². The Morgan fingerprint density at radius 2 is 2.38 bits per heavy atom. The Labute approximate surface area is 86.8 Å². The number of hydrogen-bond acceptors (Lipinski definition) is 4. The number of aliphatic hydroxyl groups is 1. The Bertz CT molecular complexity index is 275. The molecule has 3 nitrogen and oxygen atoms in total. The number of anilines is 1. The number of aliphatic hydroxyl groups excluding tert-OH is 1. The number of rotatable bonds is 4. The molecule has 1 rings (SSSR count). The lowest BCUT2D eigenvalue weighted by atomic mass is 9.95. The first-order valence-electron chi connectivity index (χ1n) is 3.99. The molecule has 0 aliphatic carbocycles. The maximum absolute atomic E-state index is 8.99. The molecule has 0 aliphatic rings. The van der Waals surface area contributed by atoms with Crippen molar-refractivity contribution in [1.29, 1.82) is 0 Å². The number of thiazole rings is 1.